The van der Waals surface area contributed by atoms with Crippen molar-refractivity contribution in [1.82, 2.24) is 0 Å². The molecule has 0 unspecified atom stereocenters. The van der Waals surface area contributed by atoms with Crippen molar-refractivity contribution in [3.8, 4) is 0 Å². The molecular formula is C24H19O3P. The van der Waals surface area contributed by atoms with Gasteiger partial charge in [0, 0.05) is 28.3 Å². The molecule has 1 heterocycles. The first-order chi connectivity index (χ1) is 13.6. The average molecular weight is 386 g/mol. The van der Waals surface area contributed by atoms with Crippen molar-refractivity contribution >= 4 is 24.4 Å². The number of hydrogen-bond donors (Lipinski definition) is 0. The van der Waals surface area contributed by atoms with Crippen LogP contribution in [0.5, 0.6) is 0 Å². The molecule has 138 valence electrons. The second-order valence-electron chi connectivity index (χ2n) is 6.62. The molecule has 0 radical (unpaired) electrons. The van der Waals surface area contributed by atoms with Gasteiger partial charge in [0.15, 0.2) is 5.78 Å². The molecule has 4 heteroatoms. The quantitative estimate of drug-likeness (QED) is 0.384. The van der Waals surface area contributed by atoms with Crippen LogP contribution in [-0.2, 0) is 9.30 Å². The molecule has 0 spiro atoms. The normalized spacial score (nSPS) is 15.1. The molecule has 0 atom stereocenters. The molecule has 0 saturated heterocycles. The fourth-order valence-corrected chi connectivity index (χ4v) is 5.19. The van der Waals surface area contributed by atoms with Crippen LogP contribution in [0.4, 0.5) is 0 Å². The SMILES string of the molecule is O=C(CP1(=O)C=C(c2ccccc2)OC(c2ccccc2)=C1)c1ccccc1. The topological polar surface area (TPSA) is 43.4 Å². The maximum atomic E-state index is 13.7. The van der Waals surface area contributed by atoms with Crippen LogP contribution < -0.4 is 0 Å². The van der Waals surface area contributed by atoms with Crippen molar-refractivity contribution in [3.63, 3.8) is 0 Å². The van der Waals surface area contributed by atoms with Crippen molar-refractivity contribution in [2.45, 2.75) is 0 Å². The summed E-state index contributed by atoms with van der Waals surface area (Å²) < 4.78 is 19.8. The number of ether oxygens (including phenoxy) is 1. The minimum Gasteiger partial charge on any atom is -0.456 e. The summed E-state index contributed by atoms with van der Waals surface area (Å²) in [5, 5.41) is 0. The van der Waals surface area contributed by atoms with Gasteiger partial charge in [-0.15, -0.1) is 0 Å². The number of ketones is 1. The highest BCUT2D eigenvalue weighted by Crippen LogP contribution is 2.56. The third kappa shape index (κ3) is 4.05. The predicted octanol–water partition coefficient (Wildman–Crippen LogP) is 6.26. The molecule has 1 aliphatic rings. The van der Waals surface area contributed by atoms with E-state index in [1.807, 2.05) is 78.9 Å². The molecule has 3 aromatic carbocycles. The van der Waals surface area contributed by atoms with Gasteiger partial charge < -0.3 is 9.30 Å². The lowest BCUT2D eigenvalue weighted by molar-refractivity contribution is 0.102. The van der Waals surface area contributed by atoms with Crippen molar-refractivity contribution in [2.24, 2.45) is 0 Å². The van der Waals surface area contributed by atoms with Crippen LogP contribution in [0.2, 0.25) is 0 Å². The lowest BCUT2D eigenvalue weighted by Crippen LogP contribution is -2.07. The minimum atomic E-state index is -3.08. The molecule has 4 rings (SSSR count). The van der Waals surface area contributed by atoms with Crippen LogP contribution >= 0.6 is 7.14 Å². The first-order valence-corrected chi connectivity index (χ1v) is 11.1. The molecule has 0 aromatic heterocycles. The number of rotatable bonds is 5. The fraction of sp³-hybridized carbons (Fsp3) is 0.0417. The average Bonchev–Trinajstić information content (AvgIpc) is 2.75. The maximum Gasteiger partial charge on any atom is 0.170 e. The van der Waals surface area contributed by atoms with Crippen LogP contribution in [0, 0.1) is 0 Å². The molecule has 28 heavy (non-hydrogen) atoms. The van der Waals surface area contributed by atoms with Gasteiger partial charge in [-0.3, -0.25) is 4.79 Å². The molecule has 0 fully saturated rings. The van der Waals surface area contributed by atoms with Crippen molar-refractivity contribution in [2.75, 3.05) is 6.16 Å². The fourth-order valence-electron chi connectivity index (χ4n) is 3.11. The Hall–Kier alpha value is -3.16. The zero-order chi connectivity index (χ0) is 19.4. The Balaban J connectivity index is 1.74. The summed E-state index contributed by atoms with van der Waals surface area (Å²) in [6, 6.07) is 28.0. The second-order valence-corrected chi connectivity index (χ2v) is 9.16. The van der Waals surface area contributed by atoms with Gasteiger partial charge in [-0.25, -0.2) is 0 Å². The lowest BCUT2D eigenvalue weighted by Gasteiger charge is -2.22. The summed E-state index contributed by atoms with van der Waals surface area (Å²) in [5.41, 5.74) is 2.22. The third-order valence-corrected chi connectivity index (χ3v) is 6.62. The van der Waals surface area contributed by atoms with Crippen LogP contribution in [0.15, 0.2) is 103 Å². The van der Waals surface area contributed by atoms with Crippen LogP contribution in [-0.4, -0.2) is 11.9 Å². The highest BCUT2D eigenvalue weighted by Gasteiger charge is 2.29. The monoisotopic (exact) mass is 386 g/mol. The maximum absolute atomic E-state index is 13.7. The summed E-state index contributed by atoms with van der Waals surface area (Å²) in [5.74, 6) is 4.14. The number of carbonyl (C=O) groups is 1. The van der Waals surface area contributed by atoms with Gasteiger partial charge in [0.05, 0.1) is 6.16 Å². The van der Waals surface area contributed by atoms with E-state index in [1.165, 1.54) is 0 Å². The van der Waals surface area contributed by atoms with E-state index < -0.39 is 7.14 Å². The Kier molecular flexibility index (Phi) is 5.10. The van der Waals surface area contributed by atoms with E-state index in [2.05, 4.69) is 0 Å². The number of hydrogen-bond acceptors (Lipinski definition) is 3. The molecule has 0 saturated carbocycles. The molecule has 3 nitrogen and oxygen atoms in total. The van der Waals surface area contributed by atoms with Crippen LogP contribution in [0.1, 0.15) is 21.5 Å². The Morgan fingerprint density at radius 1 is 0.679 bits per heavy atom. The first kappa shape index (κ1) is 18.2. The minimum absolute atomic E-state index is 0.0625. The zero-order valence-electron chi connectivity index (χ0n) is 15.2. The van der Waals surface area contributed by atoms with Gasteiger partial charge in [-0.05, 0) is 0 Å². The molecule has 0 aliphatic carbocycles. The van der Waals surface area contributed by atoms with E-state index in [0.717, 1.165) is 11.1 Å². The van der Waals surface area contributed by atoms with Crippen LogP contribution in [0.25, 0.3) is 11.5 Å². The zero-order valence-corrected chi connectivity index (χ0v) is 16.1. The Bertz CT molecular complexity index is 1020. The van der Waals surface area contributed by atoms with Gasteiger partial charge in [0.25, 0.3) is 0 Å². The van der Waals surface area contributed by atoms with E-state index in [-0.39, 0.29) is 11.9 Å². The van der Waals surface area contributed by atoms with Crippen LogP contribution in [0.3, 0.4) is 0 Å². The summed E-state index contributed by atoms with van der Waals surface area (Å²) in [4.78, 5) is 12.7. The van der Waals surface area contributed by atoms with Crippen molar-refractivity contribution in [3.05, 3.63) is 119 Å². The summed E-state index contributed by atoms with van der Waals surface area (Å²) in [6.07, 6.45) is -0.0625. The summed E-state index contributed by atoms with van der Waals surface area (Å²) >= 11 is 0. The molecule has 1 aliphatic heterocycles. The highest BCUT2D eigenvalue weighted by molar-refractivity contribution is 7.71. The standard InChI is InChI=1S/C24H19O3P/c25-22(19-10-4-1-5-11-19)16-28(26)17-23(20-12-6-2-7-13-20)27-24(18-28)21-14-8-3-9-15-21/h1-15,17-18H,16H2. The van der Waals surface area contributed by atoms with E-state index in [0.29, 0.717) is 17.1 Å². The predicted molar refractivity (Wildman–Crippen MR) is 113 cm³/mol. The number of Topliss-reactive ketones (excluding diaryl/α,β-unsaturated/α-hetero) is 1. The van der Waals surface area contributed by atoms with Gasteiger partial charge in [-0.1, -0.05) is 91.0 Å². The third-order valence-electron chi connectivity index (χ3n) is 4.49. The second kappa shape index (κ2) is 7.84. The Morgan fingerprint density at radius 2 is 1.11 bits per heavy atom. The highest BCUT2D eigenvalue weighted by atomic mass is 31.2. The summed E-state index contributed by atoms with van der Waals surface area (Å²) in [6.45, 7) is 0. The lowest BCUT2D eigenvalue weighted by atomic mass is 10.1. The number of carbonyl (C=O) groups excluding carboxylic acids is 1. The van der Waals surface area contributed by atoms with Crippen molar-refractivity contribution < 1.29 is 14.1 Å². The van der Waals surface area contributed by atoms with Crippen molar-refractivity contribution in [1.29, 1.82) is 0 Å². The van der Waals surface area contributed by atoms with Gasteiger partial charge in [0.1, 0.15) is 18.7 Å². The molecule has 0 bridgehead atoms. The van der Waals surface area contributed by atoms with E-state index in [4.69, 9.17) is 4.74 Å². The molecule has 0 amide bonds. The van der Waals surface area contributed by atoms with E-state index in [1.54, 1.807) is 23.8 Å². The molecular weight excluding hydrogens is 367 g/mol. The first-order valence-electron chi connectivity index (χ1n) is 9.04. The smallest absolute Gasteiger partial charge is 0.170 e. The van der Waals surface area contributed by atoms with Gasteiger partial charge in [-0.2, -0.15) is 0 Å². The number of benzene rings is 3. The van der Waals surface area contributed by atoms with E-state index >= 15 is 0 Å². The van der Waals surface area contributed by atoms with Gasteiger partial charge in [0.2, 0.25) is 0 Å². The summed E-state index contributed by atoms with van der Waals surface area (Å²) in [7, 11) is -3.08. The molecule has 0 N–H and O–H groups in total. The Morgan fingerprint density at radius 3 is 1.57 bits per heavy atom. The molecule has 3 aromatic rings. The largest absolute Gasteiger partial charge is 0.456 e. The van der Waals surface area contributed by atoms with E-state index in [9.17, 15) is 9.36 Å². The van der Waals surface area contributed by atoms with Gasteiger partial charge >= 0.3 is 0 Å². The Labute approximate surface area is 164 Å².